The highest BCUT2D eigenvalue weighted by Crippen LogP contribution is 2.41. The van der Waals surface area contributed by atoms with Crippen LogP contribution in [0.5, 0.6) is 0 Å². The lowest BCUT2D eigenvalue weighted by Crippen LogP contribution is -2.50. The third-order valence-corrected chi connectivity index (χ3v) is 5.13. The standard InChI is InChI=1S/C12H18BrNO/c13-9-6-10-4-5-11(7-9)14(10)12(15)8-2-1-3-8/h8-11H,1-7H2. The van der Waals surface area contributed by atoms with Crippen molar-refractivity contribution in [3.63, 3.8) is 0 Å². The van der Waals surface area contributed by atoms with Crippen molar-refractivity contribution in [2.45, 2.75) is 61.9 Å². The van der Waals surface area contributed by atoms with E-state index in [4.69, 9.17) is 0 Å². The predicted octanol–water partition coefficient (Wildman–Crippen LogP) is 2.70. The zero-order chi connectivity index (χ0) is 10.4. The Hall–Kier alpha value is -0.0500. The van der Waals surface area contributed by atoms with Crippen molar-refractivity contribution in [2.24, 2.45) is 5.92 Å². The molecule has 2 nitrogen and oxygen atoms in total. The fourth-order valence-electron chi connectivity index (χ4n) is 3.34. The molecule has 15 heavy (non-hydrogen) atoms. The van der Waals surface area contributed by atoms with Crippen LogP contribution in [-0.2, 0) is 4.79 Å². The zero-order valence-electron chi connectivity index (χ0n) is 8.99. The van der Waals surface area contributed by atoms with E-state index in [1.165, 1.54) is 32.1 Å². The van der Waals surface area contributed by atoms with Crippen LogP contribution in [0.2, 0.25) is 0 Å². The normalized spacial score (nSPS) is 40.3. The number of alkyl halides is 1. The van der Waals surface area contributed by atoms with Gasteiger partial charge in [-0.2, -0.15) is 0 Å². The lowest BCUT2D eigenvalue weighted by atomic mass is 9.83. The number of carbonyl (C=O) groups excluding carboxylic acids is 1. The number of rotatable bonds is 1. The Morgan fingerprint density at radius 1 is 1.07 bits per heavy atom. The van der Waals surface area contributed by atoms with Crippen molar-refractivity contribution >= 4 is 21.8 Å². The van der Waals surface area contributed by atoms with Gasteiger partial charge in [0.2, 0.25) is 5.91 Å². The summed E-state index contributed by atoms with van der Waals surface area (Å²) in [4.78, 5) is 15.2. The predicted molar refractivity (Wildman–Crippen MR) is 62.9 cm³/mol. The molecule has 1 saturated carbocycles. The Kier molecular flexibility index (Phi) is 2.54. The highest BCUT2D eigenvalue weighted by Gasteiger charge is 2.44. The lowest BCUT2D eigenvalue weighted by Gasteiger charge is -2.41. The van der Waals surface area contributed by atoms with Crippen molar-refractivity contribution in [3.8, 4) is 0 Å². The number of amides is 1. The maximum absolute atomic E-state index is 12.3. The fraction of sp³-hybridized carbons (Fsp3) is 0.917. The summed E-state index contributed by atoms with van der Waals surface area (Å²) in [5.41, 5.74) is 0. The van der Waals surface area contributed by atoms with Crippen LogP contribution in [0, 0.1) is 5.92 Å². The van der Waals surface area contributed by atoms with Gasteiger partial charge < -0.3 is 4.90 Å². The maximum Gasteiger partial charge on any atom is 0.226 e. The molecule has 1 amide bonds. The Bertz CT molecular complexity index is 263. The minimum atomic E-state index is 0.389. The molecule has 2 unspecified atom stereocenters. The molecule has 84 valence electrons. The summed E-state index contributed by atoms with van der Waals surface area (Å²) in [6.07, 6.45) is 8.39. The lowest BCUT2D eigenvalue weighted by molar-refractivity contribution is -0.142. The van der Waals surface area contributed by atoms with Gasteiger partial charge in [-0.1, -0.05) is 22.4 Å². The van der Waals surface area contributed by atoms with E-state index in [0.717, 1.165) is 12.8 Å². The van der Waals surface area contributed by atoms with Gasteiger partial charge in [0.1, 0.15) is 0 Å². The summed E-state index contributed by atoms with van der Waals surface area (Å²) >= 11 is 3.72. The fourth-order valence-corrected chi connectivity index (χ4v) is 4.20. The first-order valence-corrected chi connectivity index (χ1v) is 7.13. The molecule has 0 aromatic carbocycles. The van der Waals surface area contributed by atoms with Crippen molar-refractivity contribution in [3.05, 3.63) is 0 Å². The molecule has 0 N–H and O–H groups in total. The third-order valence-electron chi connectivity index (χ3n) is 4.38. The molecule has 2 aliphatic heterocycles. The molecule has 2 heterocycles. The second-order valence-electron chi connectivity index (χ2n) is 5.33. The van der Waals surface area contributed by atoms with Crippen molar-refractivity contribution < 1.29 is 4.79 Å². The van der Waals surface area contributed by atoms with E-state index < -0.39 is 0 Å². The maximum atomic E-state index is 12.3. The number of halogens is 1. The summed E-state index contributed by atoms with van der Waals surface area (Å²) < 4.78 is 0. The molecule has 0 aromatic rings. The van der Waals surface area contributed by atoms with Crippen LogP contribution in [0.3, 0.4) is 0 Å². The van der Waals surface area contributed by atoms with Crippen LogP contribution in [0.4, 0.5) is 0 Å². The summed E-state index contributed by atoms with van der Waals surface area (Å²) in [6.45, 7) is 0. The molecule has 3 fully saturated rings. The van der Waals surface area contributed by atoms with E-state index in [9.17, 15) is 4.79 Å². The SMILES string of the molecule is O=C(C1CCC1)N1C2CCC1CC(Br)C2. The number of fused-ring (bicyclic) bond motifs is 2. The Labute approximate surface area is 99.5 Å². The summed E-state index contributed by atoms with van der Waals surface area (Å²) in [6, 6.07) is 1.11. The van der Waals surface area contributed by atoms with Gasteiger partial charge in [0, 0.05) is 22.8 Å². The minimum absolute atomic E-state index is 0.389. The summed E-state index contributed by atoms with van der Waals surface area (Å²) in [5, 5.41) is 0. The molecule has 2 atom stereocenters. The first kappa shape index (κ1) is 10.1. The average Bonchev–Trinajstić information content (AvgIpc) is 2.36. The molecule has 3 aliphatic rings. The van der Waals surface area contributed by atoms with Crippen molar-refractivity contribution in [1.29, 1.82) is 0 Å². The van der Waals surface area contributed by atoms with Crippen LogP contribution < -0.4 is 0 Å². The van der Waals surface area contributed by atoms with E-state index in [0.29, 0.717) is 28.7 Å². The Morgan fingerprint density at radius 2 is 1.67 bits per heavy atom. The molecule has 3 heteroatoms. The second-order valence-corrected chi connectivity index (χ2v) is 6.62. The molecule has 2 saturated heterocycles. The van der Waals surface area contributed by atoms with Crippen LogP contribution in [0.15, 0.2) is 0 Å². The first-order valence-electron chi connectivity index (χ1n) is 6.22. The van der Waals surface area contributed by atoms with Gasteiger partial charge in [-0.3, -0.25) is 4.79 Å². The first-order chi connectivity index (χ1) is 7.25. The molecular weight excluding hydrogens is 254 g/mol. The smallest absolute Gasteiger partial charge is 0.226 e. The van der Waals surface area contributed by atoms with Gasteiger partial charge in [0.25, 0.3) is 0 Å². The molecule has 3 rings (SSSR count). The molecule has 2 bridgehead atoms. The van der Waals surface area contributed by atoms with Crippen LogP contribution in [0.25, 0.3) is 0 Å². The molecule has 0 spiro atoms. The number of nitrogens with zero attached hydrogens (tertiary/aromatic N) is 1. The monoisotopic (exact) mass is 271 g/mol. The van der Waals surface area contributed by atoms with Gasteiger partial charge in [-0.15, -0.1) is 0 Å². The molecular formula is C12H18BrNO. The van der Waals surface area contributed by atoms with E-state index in [1.807, 2.05) is 0 Å². The van der Waals surface area contributed by atoms with Crippen LogP contribution in [0.1, 0.15) is 44.9 Å². The van der Waals surface area contributed by atoms with E-state index >= 15 is 0 Å². The zero-order valence-corrected chi connectivity index (χ0v) is 10.6. The second kappa shape index (κ2) is 3.76. The summed E-state index contributed by atoms with van der Waals surface area (Å²) in [5.74, 6) is 0.869. The molecule has 0 aromatic heterocycles. The van der Waals surface area contributed by atoms with Gasteiger partial charge >= 0.3 is 0 Å². The third kappa shape index (κ3) is 1.63. The Morgan fingerprint density at radius 3 is 2.13 bits per heavy atom. The van der Waals surface area contributed by atoms with E-state index in [2.05, 4.69) is 20.8 Å². The van der Waals surface area contributed by atoms with Crippen LogP contribution in [-0.4, -0.2) is 27.7 Å². The molecule has 1 aliphatic carbocycles. The van der Waals surface area contributed by atoms with Crippen LogP contribution >= 0.6 is 15.9 Å². The Balaban J connectivity index is 1.73. The number of hydrogen-bond donors (Lipinski definition) is 0. The molecule has 0 radical (unpaired) electrons. The average molecular weight is 272 g/mol. The van der Waals surface area contributed by atoms with Gasteiger partial charge in [0.15, 0.2) is 0 Å². The van der Waals surface area contributed by atoms with Crippen molar-refractivity contribution in [1.82, 2.24) is 4.90 Å². The van der Waals surface area contributed by atoms with E-state index in [-0.39, 0.29) is 0 Å². The van der Waals surface area contributed by atoms with Gasteiger partial charge in [-0.25, -0.2) is 0 Å². The van der Waals surface area contributed by atoms with Gasteiger partial charge in [0.05, 0.1) is 0 Å². The quantitative estimate of drug-likeness (QED) is 0.672. The highest BCUT2D eigenvalue weighted by molar-refractivity contribution is 9.09. The number of hydrogen-bond acceptors (Lipinski definition) is 1. The largest absolute Gasteiger partial charge is 0.336 e. The summed E-state index contributed by atoms with van der Waals surface area (Å²) in [7, 11) is 0. The van der Waals surface area contributed by atoms with Gasteiger partial charge in [-0.05, 0) is 38.5 Å². The highest BCUT2D eigenvalue weighted by atomic mass is 79.9. The number of carbonyl (C=O) groups is 1. The van der Waals surface area contributed by atoms with E-state index in [1.54, 1.807) is 0 Å². The topological polar surface area (TPSA) is 20.3 Å². The minimum Gasteiger partial charge on any atom is -0.336 e. The van der Waals surface area contributed by atoms with Crippen molar-refractivity contribution in [2.75, 3.05) is 0 Å². The number of piperidine rings is 1.